The highest BCUT2D eigenvalue weighted by atomic mass is 15.2. The smallest absolute Gasteiger partial charge is 0.109 e. The van der Waals surface area contributed by atoms with Crippen LogP contribution in [-0.2, 0) is 13.5 Å². The highest BCUT2D eigenvalue weighted by Crippen LogP contribution is 2.22. The van der Waals surface area contributed by atoms with E-state index in [0.29, 0.717) is 12.1 Å². The van der Waals surface area contributed by atoms with Gasteiger partial charge in [-0.1, -0.05) is 6.42 Å². The largest absolute Gasteiger partial charge is 0.338 e. The molecule has 0 spiro atoms. The van der Waals surface area contributed by atoms with Crippen LogP contribution in [0.2, 0.25) is 0 Å². The van der Waals surface area contributed by atoms with E-state index < -0.39 is 0 Å². The fourth-order valence-corrected chi connectivity index (χ4v) is 2.86. The quantitative estimate of drug-likeness (QED) is 0.853. The van der Waals surface area contributed by atoms with Crippen LogP contribution in [0.25, 0.3) is 0 Å². The van der Waals surface area contributed by atoms with E-state index in [4.69, 9.17) is 5.73 Å². The number of imidazole rings is 1. The molecule has 2 heterocycles. The molecule has 96 valence electrons. The maximum Gasteiger partial charge on any atom is 0.109 e. The lowest BCUT2D eigenvalue weighted by Gasteiger charge is -2.40. The van der Waals surface area contributed by atoms with Crippen LogP contribution in [0.3, 0.4) is 0 Å². The molecule has 1 aromatic heterocycles. The van der Waals surface area contributed by atoms with Crippen molar-refractivity contribution < 1.29 is 0 Å². The minimum Gasteiger partial charge on any atom is -0.338 e. The summed E-state index contributed by atoms with van der Waals surface area (Å²) < 4.78 is 2.10. The lowest BCUT2D eigenvalue weighted by Crippen LogP contribution is -2.49. The summed E-state index contributed by atoms with van der Waals surface area (Å²) >= 11 is 0. The molecule has 2 rings (SSSR count). The van der Waals surface area contributed by atoms with Crippen LogP contribution in [0.15, 0.2) is 12.4 Å². The Bertz CT molecular complexity index is 347. The highest BCUT2D eigenvalue weighted by Gasteiger charge is 2.26. The summed E-state index contributed by atoms with van der Waals surface area (Å²) in [5, 5.41) is 0. The molecule has 4 heteroatoms. The minimum absolute atomic E-state index is 0.569. The van der Waals surface area contributed by atoms with Gasteiger partial charge in [0.1, 0.15) is 5.82 Å². The Morgan fingerprint density at radius 2 is 2.29 bits per heavy atom. The van der Waals surface area contributed by atoms with E-state index >= 15 is 0 Å². The van der Waals surface area contributed by atoms with Gasteiger partial charge in [-0.2, -0.15) is 0 Å². The van der Waals surface area contributed by atoms with Gasteiger partial charge in [0.05, 0.1) is 0 Å². The van der Waals surface area contributed by atoms with Crippen molar-refractivity contribution in [3.05, 3.63) is 18.2 Å². The van der Waals surface area contributed by atoms with E-state index in [0.717, 1.165) is 19.5 Å². The van der Waals surface area contributed by atoms with Crippen molar-refractivity contribution >= 4 is 0 Å². The highest BCUT2D eigenvalue weighted by molar-refractivity contribution is 4.93. The SMILES string of the molecule is CC1CCCC(CN)N1CCc1nccn1C. The van der Waals surface area contributed by atoms with Crippen LogP contribution in [0.1, 0.15) is 32.0 Å². The first kappa shape index (κ1) is 12.6. The number of nitrogens with zero attached hydrogens (tertiary/aromatic N) is 3. The summed E-state index contributed by atoms with van der Waals surface area (Å²) in [6.07, 6.45) is 8.77. The fraction of sp³-hybridized carbons (Fsp3) is 0.769. The van der Waals surface area contributed by atoms with Crippen LogP contribution >= 0.6 is 0 Å². The Morgan fingerprint density at radius 3 is 2.94 bits per heavy atom. The molecule has 1 aromatic rings. The molecule has 0 radical (unpaired) electrons. The van der Waals surface area contributed by atoms with Gasteiger partial charge in [0.25, 0.3) is 0 Å². The van der Waals surface area contributed by atoms with Crippen molar-refractivity contribution in [3.8, 4) is 0 Å². The van der Waals surface area contributed by atoms with Crippen LogP contribution in [0, 0.1) is 0 Å². The molecule has 1 fully saturated rings. The summed E-state index contributed by atoms with van der Waals surface area (Å²) in [7, 11) is 2.06. The Hall–Kier alpha value is -0.870. The number of rotatable bonds is 4. The predicted octanol–water partition coefficient (Wildman–Crippen LogP) is 1.16. The minimum atomic E-state index is 0.569. The van der Waals surface area contributed by atoms with Gasteiger partial charge in [-0.25, -0.2) is 4.98 Å². The second kappa shape index (κ2) is 5.65. The van der Waals surface area contributed by atoms with E-state index in [1.807, 2.05) is 12.4 Å². The van der Waals surface area contributed by atoms with Crippen molar-refractivity contribution in [1.82, 2.24) is 14.5 Å². The van der Waals surface area contributed by atoms with Gasteiger partial charge in [0.15, 0.2) is 0 Å². The van der Waals surface area contributed by atoms with Crippen molar-refractivity contribution in [2.24, 2.45) is 12.8 Å². The zero-order valence-corrected chi connectivity index (χ0v) is 11.0. The third-order valence-corrected chi connectivity index (χ3v) is 3.98. The lowest BCUT2D eigenvalue weighted by molar-refractivity contribution is 0.0980. The number of piperidine rings is 1. The van der Waals surface area contributed by atoms with Crippen LogP contribution in [0.5, 0.6) is 0 Å². The maximum absolute atomic E-state index is 5.87. The number of likely N-dealkylation sites (tertiary alicyclic amines) is 1. The van der Waals surface area contributed by atoms with Gasteiger partial charge in [-0.3, -0.25) is 4.90 Å². The molecule has 17 heavy (non-hydrogen) atoms. The van der Waals surface area contributed by atoms with Gasteiger partial charge in [-0.05, 0) is 19.8 Å². The topological polar surface area (TPSA) is 47.1 Å². The number of aryl methyl sites for hydroxylation is 1. The standard InChI is InChI=1S/C13H24N4/c1-11-4-3-5-12(10-14)17(11)8-6-13-15-7-9-16(13)2/h7,9,11-12H,3-6,8,10,14H2,1-2H3. The second-order valence-corrected chi connectivity index (χ2v) is 5.11. The van der Waals surface area contributed by atoms with E-state index in [1.165, 1.54) is 25.1 Å². The number of nitrogens with two attached hydrogens (primary N) is 1. The molecule has 1 aliphatic rings. The van der Waals surface area contributed by atoms with Crippen LogP contribution < -0.4 is 5.73 Å². The first-order valence-corrected chi connectivity index (χ1v) is 6.64. The normalized spacial score (nSPS) is 26.3. The summed E-state index contributed by atoms with van der Waals surface area (Å²) in [6.45, 7) is 4.18. The zero-order valence-electron chi connectivity index (χ0n) is 11.0. The third-order valence-electron chi connectivity index (χ3n) is 3.98. The average Bonchev–Trinajstić information content (AvgIpc) is 2.73. The molecule has 1 saturated heterocycles. The molecular formula is C13H24N4. The third kappa shape index (κ3) is 2.87. The summed E-state index contributed by atoms with van der Waals surface area (Å²) in [4.78, 5) is 6.95. The van der Waals surface area contributed by atoms with Gasteiger partial charge >= 0.3 is 0 Å². The predicted molar refractivity (Wildman–Crippen MR) is 69.8 cm³/mol. The van der Waals surface area contributed by atoms with Gasteiger partial charge in [-0.15, -0.1) is 0 Å². The molecule has 4 nitrogen and oxygen atoms in total. The molecule has 0 aliphatic carbocycles. The van der Waals surface area contributed by atoms with E-state index in [9.17, 15) is 0 Å². The molecule has 2 N–H and O–H groups in total. The van der Waals surface area contributed by atoms with Crippen LogP contribution in [0.4, 0.5) is 0 Å². The lowest BCUT2D eigenvalue weighted by atomic mass is 9.96. The molecule has 2 unspecified atom stereocenters. The molecule has 0 aromatic carbocycles. The maximum atomic E-state index is 5.87. The zero-order chi connectivity index (χ0) is 12.3. The molecular weight excluding hydrogens is 212 g/mol. The average molecular weight is 236 g/mol. The monoisotopic (exact) mass is 236 g/mol. The van der Waals surface area contributed by atoms with Crippen molar-refractivity contribution in [2.45, 2.75) is 44.7 Å². The first-order chi connectivity index (χ1) is 8.22. The van der Waals surface area contributed by atoms with Crippen LogP contribution in [-0.4, -0.2) is 39.6 Å². The van der Waals surface area contributed by atoms with Gasteiger partial charge < -0.3 is 10.3 Å². The van der Waals surface area contributed by atoms with Gasteiger partial charge in [0, 0.05) is 51.0 Å². The van der Waals surface area contributed by atoms with Crippen molar-refractivity contribution in [3.63, 3.8) is 0 Å². The Labute approximate surface area is 104 Å². The molecule has 2 atom stereocenters. The molecule has 0 amide bonds. The van der Waals surface area contributed by atoms with Gasteiger partial charge in [0.2, 0.25) is 0 Å². The number of aromatic nitrogens is 2. The summed E-state index contributed by atoms with van der Waals surface area (Å²) in [6, 6.07) is 1.23. The van der Waals surface area contributed by atoms with Crippen molar-refractivity contribution in [2.75, 3.05) is 13.1 Å². The Morgan fingerprint density at radius 1 is 1.47 bits per heavy atom. The van der Waals surface area contributed by atoms with E-state index in [-0.39, 0.29) is 0 Å². The summed E-state index contributed by atoms with van der Waals surface area (Å²) in [5.41, 5.74) is 5.87. The Kier molecular flexibility index (Phi) is 4.18. The molecule has 0 saturated carbocycles. The molecule has 0 bridgehead atoms. The van der Waals surface area contributed by atoms with E-state index in [1.54, 1.807) is 0 Å². The van der Waals surface area contributed by atoms with E-state index in [2.05, 4.69) is 28.4 Å². The Balaban J connectivity index is 1.94. The fourth-order valence-electron chi connectivity index (χ4n) is 2.86. The molecule has 1 aliphatic heterocycles. The first-order valence-electron chi connectivity index (χ1n) is 6.64. The number of hydrogen-bond acceptors (Lipinski definition) is 3. The summed E-state index contributed by atoms with van der Waals surface area (Å²) in [5.74, 6) is 1.17. The second-order valence-electron chi connectivity index (χ2n) is 5.11. The number of hydrogen-bond donors (Lipinski definition) is 1. The van der Waals surface area contributed by atoms with Crippen molar-refractivity contribution in [1.29, 1.82) is 0 Å².